The molecule has 0 aliphatic heterocycles. The van der Waals surface area contributed by atoms with Crippen molar-refractivity contribution in [2.45, 2.75) is 20.3 Å². The first-order valence-electron chi connectivity index (χ1n) is 3.49. The minimum atomic E-state index is -1.09. The number of carbonyl (C=O) groups is 3. The summed E-state index contributed by atoms with van der Waals surface area (Å²) in [6.07, 6.45) is -0.0417. The van der Waals surface area contributed by atoms with Crippen molar-refractivity contribution in [2.75, 3.05) is 6.54 Å². The van der Waals surface area contributed by atoms with Gasteiger partial charge in [0.1, 0.15) is 0 Å². The Morgan fingerprint density at radius 1 is 0.882 bits per heavy atom. The van der Waals surface area contributed by atoms with Gasteiger partial charge < -0.3 is 35.4 Å². The second kappa shape index (κ2) is 29.8. The first-order valence-corrected chi connectivity index (χ1v) is 3.49. The van der Waals surface area contributed by atoms with Crippen LogP contribution in [0.15, 0.2) is 0 Å². The van der Waals surface area contributed by atoms with E-state index in [9.17, 15) is 9.90 Å². The molecule has 2 N–H and O–H groups in total. The molecule has 0 bridgehead atoms. The molecule has 84 valence electrons. The first kappa shape index (κ1) is 36.0. The molecule has 0 atom stereocenters. The Kier molecular flexibility index (Phi) is 63.1. The zero-order valence-electron chi connectivity index (χ0n) is 10.9. The van der Waals surface area contributed by atoms with Crippen molar-refractivity contribution in [1.29, 1.82) is 0 Å². The summed E-state index contributed by atoms with van der Waals surface area (Å²) in [5, 5.41) is 27.2. The van der Waals surface area contributed by atoms with Crippen molar-refractivity contribution in [2.24, 2.45) is 5.73 Å². The van der Waals surface area contributed by atoms with Crippen LogP contribution >= 0.6 is 0 Å². The zero-order valence-corrected chi connectivity index (χ0v) is 10.9. The fourth-order valence-electron chi connectivity index (χ4n) is 0.118. The minimum Gasteiger partial charge on any atom is -0.550 e. The quantitative estimate of drug-likeness (QED) is 0.460. The number of carbonyl (C=O) groups excluding carboxylic acids is 3. The van der Waals surface area contributed by atoms with Crippen molar-refractivity contribution in [1.82, 2.24) is 0 Å². The van der Waals surface area contributed by atoms with Crippen LogP contribution in [0.1, 0.15) is 20.3 Å². The van der Waals surface area contributed by atoms with Gasteiger partial charge in [-0.25, -0.2) is 0 Å². The largest absolute Gasteiger partial charge is 1.00 e. The summed E-state index contributed by atoms with van der Waals surface area (Å²) in [5.74, 6) is -3.25. The van der Waals surface area contributed by atoms with Crippen LogP contribution in [-0.4, -0.2) is 24.5 Å². The fourth-order valence-corrected chi connectivity index (χ4v) is 0.118. The van der Waals surface area contributed by atoms with Crippen LogP contribution in [-0.2, 0) is 14.4 Å². The van der Waals surface area contributed by atoms with Crippen molar-refractivity contribution < 1.29 is 86.3 Å². The molecule has 0 aromatic rings. The molecule has 0 aliphatic carbocycles. The van der Waals surface area contributed by atoms with Crippen LogP contribution in [0.3, 0.4) is 0 Å². The Labute approximate surface area is 136 Å². The molecule has 0 aromatic heterocycles. The van der Waals surface area contributed by atoms with E-state index in [4.69, 9.17) is 25.5 Å². The van der Waals surface area contributed by atoms with Crippen LogP contribution in [0.5, 0.6) is 0 Å². The smallest absolute Gasteiger partial charge is 0.550 e. The molecule has 0 saturated heterocycles. The second-order valence-corrected chi connectivity index (χ2v) is 1.89. The molecule has 0 unspecified atom stereocenters. The van der Waals surface area contributed by atoms with Gasteiger partial charge in [-0.3, -0.25) is 0 Å². The van der Waals surface area contributed by atoms with Crippen molar-refractivity contribution in [3.8, 4) is 0 Å². The number of hydrogen-bond acceptors (Lipinski definition) is 7. The van der Waals surface area contributed by atoms with E-state index in [1.165, 1.54) is 0 Å². The predicted molar refractivity (Wildman–Crippen MR) is 40.0 cm³/mol. The zero-order chi connectivity index (χ0) is 12.1. The molecule has 0 heterocycles. The average molecular weight is 227 g/mol. The van der Waals surface area contributed by atoms with Crippen molar-refractivity contribution in [3.05, 3.63) is 0 Å². The maximum atomic E-state index is 9.41. The van der Waals surface area contributed by atoms with Gasteiger partial charge in [0.2, 0.25) is 0 Å². The Morgan fingerprint density at radius 3 is 1.06 bits per heavy atom. The number of rotatable bonds is 2. The van der Waals surface area contributed by atoms with E-state index in [0.717, 1.165) is 13.8 Å². The molecule has 0 radical (unpaired) electrons. The number of hydrogen-bond donors (Lipinski definition) is 1. The summed E-state index contributed by atoms with van der Waals surface area (Å²) >= 11 is 0. The summed E-state index contributed by atoms with van der Waals surface area (Å²) in [7, 11) is 0. The Bertz CT molecular complexity index is 170. The van der Waals surface area contributed by atoms with E-state index in [1.807, 2.05) is 0 Å². The average Bonchev–Trinajstić information content (AvgIpc) is 1.82. The molecule has 10 heteroatoms. The van der Waals surface area contributed by atoms with Gasteiger partial charge in [0.25, 0.3) is 0 Å². The summed E-state index contributed by atoms with van der Waals surface area (Å²) in [5.41, 5.74) is 4.81. The standard InChI is InChI=1S/C3H7NO2.2C2H4O2.3Li/c4-2-1-3(5)6;2*1-2(3)4;;;/h1-2,4H2,(H,5,6);2*1H3,(H,3,4);;;/q;;;3*+1/p-3. The summed E-state index contributed by atoms with van der Waals surface area (Å²) in [6, 6.07) is 0. The fraction of sp³-hybridized carbons (Fsp3) is 0.571. The van der Waals surface area contributed by atoms with E-state index in [-0.39, 0.29) is 69.5 Å². The number of carboxylic acids is 3. The molecule has 0 aliphatic rings. The molecule has 0 spiro atoms. The van der Waals surface area contributed by atoms with Crippen LogP contribution in [0, 0.1) is 0 Å². The number of nitrogens with two attached hydrogens (primary N) is 1. The third-order valence-electron chi connectivity index (χ3n) is 0.348. The van der Waals surface area contributed by atoms with Gasteiger partial charge in [-0.2, -0.15) is 0 Å². The topological polar surface area (TPSA) is 146 Å². The van der Waals surface area contributed by atoms with E-state index < -0.39 is 17.9 Å². The molecule has 0 aromatic carbocycles. The maximum absolute atomic E-state index is 9.41. The van der Waals surface area contributed by atoms with Gasteiger partial charge in [0.15, 0.2) is 0 Å². The molecule has 0 amide bonds. The maximum Gasteiger partial charge on any atom is 1.00 e. The van der Waals surface area contributed by atoms with E-state index in [1.54, 1.807) is 0 Å². The molecule has 0 rings (SSSR count). The second-order valence-electron chi connectivity index (χ2n) is 1.89. The van der Waals surface area contributed by atoms with Crippen molar-refractivity contribution >= 4 is 17.9 Å². The van der Waals surface area contributed by atoms with Crippen LogP contribution in [0.2, 0.25) is 0 Å². The third-order valence-corrected chi connectivity index (χ3v) is 0.348. The first-order chi connectivity index (χ1) is 6.23. The van der Waals surface area contributed by atoms with Crippen LogP contribution in [0.4, 0.5) is 0 Å². The Hall–Kier alpha value is 0.162. The molecular weight excluding hydrogens is 215 g/mol. The van der Waals surface area contributed by atoms with Gasteiger partial charge in [0, 0.05) is 17.9 Å². The van der Waals surface area contributed by atoms with Gasteiger partial charge in [-0.05, 0) is 26.8 Å². The third kappa shape index (κ3) is 324. The monoisotopic (exact) mass is 227 g/mol. The minimum absolute atomic E-state index is 0. The number of aliphatic carboxylic acids is 3. The Balaban J connectivity index is -0.0000000252. The SMILES string of the molecule is CC(=O)[O-].CC(=O)[O-].NCCC(=O)[O-].[Li+].[Li+].[Li+]. The van der Waals surface area contributed by atoms with Crippen LogP contribution in [0.25, 0.3) is 0 Å². The van der Waals surface area contributed by atoms with Gasteiger partial charge >= 0.3 is 56.6 Å². The molecule has 7 nitrogen and oxygen atoms in total. The molecule has 0 fully saturated rings. The summed E-state index contributed by atoms with van der Waals surface area (Å²) in [6.45, 7) is 2.11. The van der Waals surface area contributed by atoms with Gasteiger partial charge in [-0.15, -0.1) is 0 Å². The molecular formula is C7H12Li3NO6. The van der Waals surface area contributed by atoms with Gasteiger partial charge in [-0.1, -0.05) is 0 Å². The van der Waals surface area contributed by atoms with Crippen molar-refractivity contribution in [3.63, 3.8) is 0 Å². The Morgan fingerprint density at radius 2 is 1.06 bits per heavy atom. The predicted octanol–water partition coefficient (Wildman–Crippen LogP) is -13.4. The summed E-state index contributed by atoms with van der Waals surface area (Å²) < 4.78 is 0. The van der Waals surface area contributed by atoms with E-state index in [2.05, 4.69) is 0 Å². The molecule has 0 saturated carbocycles. The summed E-state index contributed by atoms with van der Waals surface area (Å²) in [4.78, 5) is 27.2. The van der Waals surface area contributed by atoms with E-state index >= 15 is 0 Å². The van der Waals surface area contributed by atoms with Crippen LogP contribution < -0.4 is 77.6 Å². The van der Waals surface area contributed by atoms with E-state index in [0.29, 0.717) is 0 Å². The number of carboxylic acid groups (broad SMARTS) is 3. The molecule has 17 heavy (non-hydrogen) atoms. The van der Waals surface area contributed by atoms with Gasteiger partial charge in [0.05, 0.1) is 0 Å². The normalized spacial score (nSPS) is 5.82.